The molecule has 3 aliphatic rings. The highest BCUT2D eigenvalue weighted by Crippen LogP contribution is 2.67. The molecule has 0 aromatic heterocycles. The van der Waals surface area contributed by atoms with Crippen molar-refractivity contribution >= 4 is 18.2 Å². The van der Waals surface area contributed by atoms with E-state index in [4.69, 9.17) is 18.9 Å². The zero-order valence-corrected chi connectivity index (χ0v) is 29.6. The Balaban J connectivity index is 0.000000654. The minimum Gasteiger partial charge on any atom is -0.455 e. The number of hydrogen-bond acceptors (Lipinski definition) is 11. The predicted octanol–water partition coefficient (Wildman–Crippen LogP) is 2.17. The summed E-state index contributed by atoms with van der Waals surface area (Å²) in [6, 6.07) is 0. The van der Waals surface area contributed by atoms with Crippen LogP contribution < -0.4 is 0 Å². The summed E-state index contributed by atoms with van der Waals surface area (Å²) in [4.78, 5) is 38.9. The van der Waals surface area contributed by atoms with E-state index in [1.165, 1.54) is 17.9 Å². The van der Waals surface area contributed by atoms with Gasteiger partial charge in [0.15, 0.2) is 23.8 Å². The number of ketones is 1. The summed E-state index contributed by atoms with van der Waals surface area (Å²) < 4.78 is 22.3. The van der Waals surface area contributed by atoms with E-state index < -0.39 is 63.6 Å². The van der Waals surface area contributed by atoms with Crippen molar-refractivity contribution in [2.75, 3.05) is 47.9 Å². The molecule has 3 rings (SSSR count). The monoisotopic (exact) mass is 644 g/mol. The highest BCUT2D eigenvalue weighted by atomic mass is 16.7. The number of aliphatic hydroxyl groups is 3. The summed E-state index contributed by atoms with van der Waals surface area (Å²) in [5.41, 5.74) is -7.12. The lowest BCUT2D eigenvalue weighted by Crippen LogP contribution is -2.86. The number of fused-ring (bicyclic) bond motifs is 3. The molecule has 1 saturated heterocycles. The highest BCUT2D eigenvalue weighted by molar-refractivity contribution is 5.92. The van der Waals surface area contributed by atoms with Crippen LogP contribution in [0.5, 0.6) is 0 Å². The van der Waals surface area contributed by atoms with Gasteiger partial charge in [-0.3, -0.25) is 19.3 Å². The van der Waals surface area contributed by atoms with Crippen LogP contribution in [0.1, 0.15) is 74.7 Å². The molecular formula is C33H60N2O10. The van der Waals surface area contributed by atoms with Crippen molar-refractivity contribution in [1.29, 1.82) is 0 Å². The number of ether oxygens (including phenoxy) is 4. The molecule has 262 valence electrons. The molecule has 2 saturated carbocycles. The Hall–Kier alpha value is -1.93. The molecule has 1 heterocycles. The molecule has 0 radical (unpaired) electrons. The van der Waals surface area contributed by atoms with E-state index in [1.807, 2.05) is 34.6 Å². The van der Waals surface area contributed by atoms with Gasteiger partial charge in [0.2, 0.25) is 6.41 Å². The molecule has 0 aromatic carbocycles. The zero-order chi connectivity index (χ0) is 35.2. The van der Waals surface area contributed by atoms with Crippen molar-refractivity contribution in [2.45, 2.75) is 116 Å². The van der Waals surface area contributed by atoms with E-state index in [9.17, 15) is 29.7 Å². The van der Waals surface area contributed by atoms with E-state index in [0.717, 1.165) is 19.6 Å². The lowest BCUT2D eigenvalue weighted by Gasteiger charge is -2.71. The molecule has 1 aliphatic heterocycles. The minimum atomic E-state index is -2.20. The molecular weight excluding hydrogens is 584 g/mol. The molecule has 0 spiro atoms. The molecule has 3 N–H and O–H groups in total. The summed E-state index contributed by atoms with van der Waals surface area (Å²) in [6.07, 6.45) is -0.669. The number of aliphatic hydroxyl groups excluding tert-OH is 2. The number of hydrogen-bond donors (Lipinski definition) is 3. The van der Waals surface area contributed by atoms with Crippen LogP contribution in [0.2, 0.25) is 0 Å². The van der Waals surface area contributed by atoms with Gasteiger partial charge in [0.25, 0.3) is 0 Å². The Morgan fingerprint density at radius 1 is 1.09 bits per heavy atom. The lowest BCUT2D eigenvalue weighted by atomic mass is 9.40. The van der Waals surface area contributed by atoms with Crippen LogP contribution in [0.3, 0.4) is 0 Å². The molecule has 0 bridgehead atoms. The molecule has 12 nitrogen and oxygen atoms in total. The smallest absolute Gasteiger partial charge is 0.320 e. The van der Waals surface area contributed by atoms with Crippen LogP contribution >= 0.6 is 0 Å². The van der Waals surface area contributed by atoms with Gasteiger partial charge in [0.05, 0.1) is 24.4 Å². The van der Waals surface area contributed by atoms with Crippen LogP contribution in [0, 0.1) is 16.7 Å². The Morgan fingerprint density at radius 2 is 1.60 bits per heavy atom. The summed E-state index contributed by atoms with van der Waals surface area (Å²) >= 11 is 0. The largest absolute Gasteiger partial charge is 0.455 e. The van der Waals surface area contributed by atoms with Crippen molar-refractivity contribution < 1.29 is 48.7 Å². The average molecular weight is 645 g/mol. The maximum absolute atomic E-state index is 13.7. The fourth-order valence-corrected chi connectivity index (χ4v) is 7.43. The van der Waals surface area contributed by atoms with E-state index >= 15 is 0 Å². The van der Waals surface area contributed by atoms with Gasteiger partial charge < -0.3 is 39.2 Å². The van der Waals surface area contributed by atoms with Gasteiger partial charge in [-0.15, -0.1) is 6.58 Å². The summed E-state index contributed by atoms with van der Waals surface area (Å²) in [6.45, 7) is 19.7. The van der Waals surface area contributed by atoms with Crippen LogP contribution in [0.4, 0.5) is 0 Å². The number of rotatable bonds is 9. The first-order valence-electron chi connectivity index (χ1n) is 15.7. The van der Waals surface area contributed by atoms with Crippen LogP contribution in [-0.4, -0.2) is 133 Å². The molecule has 0 aromatic rings. The van der Waals surface area contributed by atoms with E-state index in [0.29, 0.717) is 12.8 Å². The maximum atomic E-state index is 13.7. The fraction of sp³-hybridized carbons (Fsp3) is 0.848. The number of carbonyl (C=O) groups excluding carboxylic acids is 3. The van der Waals surface area contributed by atoms with Gasteiger partial charge in [-0.1, -0.05) is 26.8 Å². The first-order valence-corrected chi connectivity index (χ1v) is 15.7. The number of amides is 1. The van der Waals surface area contributed by atoms with Crippen molar-refractivity contribution in [3.63, 3.8) is 0 Å². The molecule has 45 heavy (non-hydrogen) atoms. The number of esters is 1. The Bertz CT molecular complexity index is 1020. The first kappa shape index (κ1) is 41.1. The Morgan fingerprint density at radius 3 is 2.02 bits per heavy atom. The Kier molecular flexibility index (Phi) is 14.4. The molecule has 2 aliphatic carbocycles. The molecule has 1 amide bonds. The fourth-order valence-electron chi connectivity index (χ4n) is 7.43. The van der Waals surface area contributed by atoms with Gasteiger partial charge in [0.1, 0.15) is 5.60 Å². The molecule has 3 fully saturated rings. The van der Waals surface area contributed by atoms with Gasteiger partial charge >= 0.3 is 5.97 Å². The van der Waals surface area contributed by atoms with Crippen molar-refractivity contribution in [1.82, 2.24) is 9.80 Å². The van der Waals surface area contributed by atoms with Gasteiger partial charge in [-0.2, -0.15) is 0 Å². The molecule has 8 atom stereocenters. The second-order valence-corrected chi connectivity index (χ2v) is 14.0. The SMILES string of the molecule is C=C[C@@]1(C)CC(=O)[C@]2(O)[C@@]3(C)[C@@H](O)CCC(C)(C)[C@@H]3[C@H](O)[C@H](OC(=O)CN(C)C)[C@@]2(C)O1.CCOC(C)OCC.CN(C)C=O. The third kappa shape index (κ3) is 8.33. The van der Waals surface area contributed by atoms with E-state index in [-0.39, 0.29) is 19.3 Å². The topological polar surface area (TPSA) is 155 Å². The number of carbonyl (C=O) groups is 3. The van der Waals surface area contributed by atoms with Crippen LogP contribution in [-0.2, 0) is 33.3 Å². The summed E-state index contributed by atoms with van der Waals surface area (Å²) in [5, 5.41) is 35.2. The zero-order valence-electron chi connectivity index (χ0n) is 29.6. The first-order chi connectivity index (χ1) is 20.6. The Labute approximate surface area is 270 Å². The minimum absolute atomic E-state index is 0.0370. The van der Waals surface area contributed by atoms with Gasteiger partial charge in [-0.25, -0.2) is 0 Å². The number of Topliss-reactive ketones (excluding diaryl/α,β-unsaturated/α-hetero) is 1. The summed E-state index contributed by atoms with van der Waals surface area (Å²) in [5.74, 6) is -1.85. The van der Waals surface area contributed by atoms with E-state index in [2.05, 4.69) is 6.58 Å². The average Bonchev–Trinajstić information content (AvgIpc) is 2.92. The van der Waals surface area contributed by atoms with Crippen molar-refractivity contribution in [2.24, 2.45) is 16.7 Å². The van der Waals surface area contributed by atoms with Crippen molar-refractivity contribution in [3.8, 4) is 0 Å². The highest BCUT2D eigenvalue weighted by Gasteiger charge is 2.81. The third-order valence-electron chi connectivity index (χ3n) is 9.44. The van der Waals surface area contributed by atoms with Crippen molar-refractivity contribution in [3.05, 3.63) is 12.7 Å². The molecule has 12 heteroatoms. The number of likely N-dealkylation sites (N-methyl/N-ethyl adjacent to an activating group) is 1. The standard InChI is InChI=1S/C24H39NO7.C6H14O2.C3H7NO/c1-9-21(4)12-15(27)24(30)22(5)14(26)10-11-20(2,3)18(22)17(29)19(23(24,6)32-21)31-16(28)13-25(7)8;1-4-7-6(3)8-5-2;1-4(2)3-5/h9,14,17-19,26,29-30H,1,10-13H2,2-8H3;6H,4-5H2,1-3H3;3H,1-2H3/t14-,17-,18-,19-,21-,22-,23+,24-;;/m0../s1. The summed E-state index contributed by atoms with van der Waals surface area (Å²) in [7, 11) is 6.80. The number of nitrogens with zero attached hydrogens (tertiary/aromatic N) is 2. The third-order valence-corrected chi connectivity index (χ3v) is 9.44. The maximum Gasteiger partial charge on any atom is 0.320 e. The predicted molar refractivity (Wildman–Crippen MR) is 170 cm³/mol. The van der Waals surface area contributed by atoms with Crippen LogP contribution in [0.15, 0.2) is 12.7 Å². The second-order valence-electron chi connectivity index (χ2n) is 14.0. The normalized spacial score (nSPS) is 36.8. The lowest BCUT2D eigenvalue weighted by molar-refractivity contribution is -0.370. The second kappa shape index (κ2) is 15.8. The van der Waals surface area contributed by atoms with Gasteiger partial charge in [-0.05, 0) is 67.0 Å². The van der Waals surface area contributed by atoms with Gasteiger partial charge in [0, 0.05) is 45.1 Å². The van der Waals surface area contributed by atoms with Crippen LogP contribution in [0.25, 0.3) is 0 Å². The molecule has 0 unspecified atom stereocenters. The van der Waals surface area contributed by atoms with E-state index in [1.54, 1.807) is 46.9 Å². The quantitative estimate of drug-likeness (QED) is 0.146.